The molecule has 3 nitrogen and oxygen atoms in total. The lowest BCUT2D eigenvalue weighted by molar-refractivity contribution is 0.131. The van der Waals surface area contributed by atoms with E-state index < -0.39 is 17.7 Å². The van der Waals surface area contributed by atoms with Crippen LogP contribution in [0.5, 0.6) is 0 Å². The van der Waals surface area contributed by atoms with Gasteiger partial charge in [0.1, 0.15) is 0 Å². The maximum Gasteiger partial charge on any atom is 0.407 e. The normalized spacial score (nSPS) is 17.2. The maximum atomic E-state index is 13.5. The zero-order chi connectivity index (χ0) is 12.4. The van der Waals surface area contributed by atoms with Crippen LogP contribution in [0.3, 0.4) is 0 Å². The topological polar surface area (TPSA) is 40.5 Å². The Balaban J connectivity index is 2.10. The summed E-state index contributed by atoms with van der Waals surface area (Å²) < 4.78 is 26.6. The summed E-state index contributed by atoms with van der Waals surface area (Å²) >= 11 is 0. The van der Waals surface area contributed by atoms with Crippen molar-refractivity contribution in [2.24, 2.45) is 0 Å². The van der Waals surface area contributed by atoms with Crippen LogP contribution in [0.15, 0.2) is 18.2 Å². The standard InChI is InChI=1S/C12H13F2NO2/c13-10-3-1-2-9(11(10)14)8-4-6-15(7-5-8)12(16)17/h1-3,8H,4-7H2,(H,16,17). The van der Waals surface area contributed by atoms with Gasteiger partial charge in [-0.3, -0.25) is 0 Å². The fraction of sp³-hybridized carbons (Fsp3) is 0.417. The molecular weight excluding hydrogens is 228 g/mol. The summed E-state index contributed by atoms with van der Waals surface area (Å²) in [6.07, 6.45) is 0.113. The molecule has 0 atom stereocenters. The van der Waals surface area contributed by atoms with E-state index in [0.29, 0.717) is 31.5 Å². The van der Waals surface area contributed by atoms with Gasteiger partial charge in [0.05, 0.1) is 0 Å². The van der Waals surface area contributed by atoms with Gasteiger partial charge in [-0.1, -0.05) is 12.1 Å². The molecule has 1 saturated heterocycles. The molecule has 0 saturated carbocycles. The molecule has 1 fully saturated rings. The lowest BCUT2D eigenvalue weighted by Crippen LogP contribution is -2.37. The molecule has 1 aliphatic rings. The predicted molar refractivity (Wildman–Crippen MR) is 57.9 cm³/mol. The Morgan fingerprint density at radius 3 is 2.53 bits per heavy atom. The number of rotatable bonds is 1. The van der Waals surface area contributed by atoms with Crippen molar-refractivity contribution in [3.63, 3.8) is 0 Å². The minimum absolute atomic E-state index is 0.0960. The summed E-state index contributed by atoms with van der Waals surface area (Å²) in [5.41, 5.74) is 0.357. The third-order valence-electron chi connectivity index (χ3n) is 3.19. The number of piperidine rings is 1. The van der Waals surface area contributed by atoms with E-state index in [-0.39, 0.29) is 5.92 Å². The highest BCUT2D eigenvalue weighted by Crippen LogP contribution is 2.30. The fourth-order valence-corrected chi connectivity index (χ4v) is 2.22. The summed E-state index contributed by atoms with van der Waals surface area (Å²) in [7, 11) is 0. The van der Waals surface area contributed by atoms with Gasteiger partial charge >= 0.3 is 6.09 Å². The van der Waals surface area contributed by atoms with Gasteiger partial charge in [-0.05, 0) is 30.4 Å². The zero-order valence-electron chi connectivity index (χ0n) is 9.20. The Labute approximate surface area is 97.7 Å². The number of halogens is 2. The van der Waals surface area contributed by atoms with Gasteiger partial charge in [0.15, 0.2) is 11.6 Å². The second kappa shape index (κ2) is 4.69. The molecule has 0 bridgehead atoms. The monoisotopic (exact) mass is 241 g/mol. The molecule has 1 amide bonds. The van der Waals surface area contributed by atoms with Crippen LogP contribution >= 0.6 is 0 Å². The highest BCUT2D eigenvalue weighted by molar-refractivity contribution is 5.65. The van der Waals surface area contributed by atoms with Crippen LogP contribution < -0.4 is 0 Å². The Hall–Kier alpha value is -1.65. The van der Waals surface area contributed by atoms with Crippen LogP contribution in [0.25, 0.3) is 0 Å². The van der Waals surface area contributed by atoms with Gasteiger partial charge in [0.25, 0.3) is 0 Å². The summed E-state index contributed by atoms with van der Waals surface area (Å²) in [5, 5.41) is 8.79. The van der Waals surface area contributed by atoms with Crippen molar-refractivity contribution in [2.75, 3.05) is 13.1 Å². The van der Waals surface area contributed by atoms with Crippen LogP contribution in [-0.4, -0.2) is 29.2 Å². The number of nitrogens with zero attached hydrogens (tertiary/aromatic N) is 1. The smallest absolute Gasteiger partial charge is 0.407 e. The lowest BCUT2D eigenvalue weighted by Gasteiger charge is -2.30. The van der Waals surface area contributed by atoms with Crippen LogP contribution in [-0.2, 0) is 0 Å². The first-order valence-corrected chi connectivity index (χ1v) is 5.51. The Morgan fingerprint density at radius 2 is 1.94 bits per heavy atom. The van der Waals surface area contributed by atoms with E-state index in [4.69, 9.17) is 5.11 Å². The fourth-order valence-electron chi connectivity index (χ4n) is 2.22. The van der Waals surface area contributed by atoms with E-state index in [1.165, 1.54) is 11.0 Å². The van der Waals surface area contributed by atoms with E-state index in [1.807, 2.05) is 0 Å². The maximum absolute atomic E-state index is 13.5. The van der Waals surface area contributed by atoms with E-state index in [0.717, 1.165) is 6.07 Å². The van der Waals surface area contributed by atoms with Crippen LogP contribution in [0.4, 0.5) is 13.6 Å². The molecule has 5 heteroatoms. The Bertz CT molecular complexity index is 429. The van der Waals surface area contributed by atoms with Crippen molar-refractivity contribution in [2.45, 2.75) is 18.8 Å². The zero-order valence-corrected chi connectivity index (χ0v) is 9.20. The van der Waals surface area contributed by atoms with Crippen LogP contribution in [0.2, 0.25) is 0 Å². The first-order valence-electron chi connectivity index (χ1n) is 5.51. The molecule has 92 valence electrons. The van der Waals surface area contributed by atoms with Crippen molar-refractivity contribution in [1.82, 2.24) is 4.90 Å². The quantitative estimate of drug-likeness (QED) is 0.821. The summed E-state index contributed by atoms with van der Waals surface area (Å²) in [6.45, 7) is 0.742. The first kappa shape index (κ1) is 11.8. The van der Waals surface area contributed by atoms with Crippen molar-refractivity contribution in [3.05, 3.63) is 35.4 Å². The van der Waals surface area contributed by atoms with Gasteiger partial charge in [-0.25, -0.2) is 13.6 Å². The van der Waals surface area contributed by atoms with Crippen LogP contribution in [0.1, 0.15) is 24.3 Å². The molecule has 1 N–H and O–H groups in total. The molecule has 0 spiro atoms. The molecule has 17 heavy (non-hydrogen) atoms. The first-order chi connectivity index (χ1) is 8.09. The van der Waals surface area contributed by atoms with Gasteiger partial charge in [-0.2, -0.15) is 0 Å². The molecule has 1 aromatic rings. The van der Waals surface area contributed by atoms with Crippen molar-refractivity contribution in [3.8, 4) is 0 Å². The number of likely N-dealkylation sites (tertiary alicyclic amines) is 1. The second-order valence-corrected chi connectivity index (χ2v) is 4.19. The van der Waals surface area contributed by atoms with Gasteiger partial charge < -0.3 is 10.0 Å². The molecule has 1 aromatic carbocycles. The van der Waals surface area contributed by atoms with E-state index >= 15 is 0 Å². The number of benzene rings is 1. The van der Waals surface area contributed by atoms with Crippen molar-refractivity contribution >= 4 is 6.09 Å². The van der Waals surface area contributed by atoms with Gasteiger partial charge in [0.2, 0.25) is 0 Å². The number of amides is 1. The SMILES string of the molecule is O=C(O)N1CCC(c2cccc(F)c2F)CC1. The second-order valence-electron chi connectivity index (χ2n) is 4.19. The van der Waals surface area contributed by atoms with Crippen molar-refractivity contribution < 1.29 is 18.7 Å². The molecule has 0 aromatic heterocycles. The molecule has 0 radical (unpaired) electrons. The van der Waals surface area contributed by atoms with E-state index in [9.17, 15) is 13.6 Å². The average Bonchev–Trinajstić information content (AvgIpc) is 2.33. The molecule has 0 aliphatic carbocycles. The van der Waals surface area contributed by atoms with E-state index in [2.05, 4.69) is 0 Å². The average molecular weight is 241 g/mol. The van der Waals surface area contributed by atoms with Gasteiger partial charge in [-0.15, -0.1) is 0 Å². The molecular formula is C12H13F2NO2. The lowest BCUT2D eigenvalue weighted by atomic mass is 9.89. The van der Waals surface area contributed by atoms with Crippen molar-refractivity contribution in [1.29, 1.82) is 0 Å². The van der Waals surface area contributed by atoms with Gasteiger partial charge in [0, 0.05) is 13.1 Å². The third-order valence-corrected chi connectivity index (χ3v) is 3.19. The largest absolute Gasteiger partial charge is 0.465 e. The number of hydrogen-bond acceptors (Lipinski definition) is 1. The minimum atomic E-state index is -0.955. The van der Waals surface area contributed by atoms with Crippen LogP contribution in [0, 0.1) is 11.6 Å². The number of hydrogen-bond donors (Lipinski definition) is 1. The number of carboxylic acid groups (broad SMARTS) is 1. The Kier molecular flexibility index (Phi) is 3.26. The molecule has 0 unspecified atom stereocenters. The molecule has 2 rings (SSSR count). The molecule has 1 aliphatic heterocycles. The number of carbonyl (C=O) groups is 1. The highest BCUT2D eigenvalue weighted by Gasteiger charge is 2.25. The Morgan fingerprint density at radius 1 is 1.29 bits per heavy atom. The molecule has 1 heterocycles. The summed E-state index contributed by atoms with van der Waals surface area (Å²) in [4.78, 5) is 12.0. The summed E-state index contributed by atoms with van der Waals surface area (Å²) in [5.74, 6) is -1.74. The minimum Gasteiger partial charge on any atom is -0.465 e. The highest BCUT2D eigenvalue weighted by atomic mass is 19.2. The summed E-state index contributed by atoms with van der Waals surface area (Å²) in [6, 6.07) is 4.14. The third kappa shape index (κ3) is 2.38. The predicted octanol–water partition coefficient (Wildman–Crippen LogP) is 2.82. The van der Waals surface area contributed by atoms with E-state index in [1.54, 1.807) is 6.07 Å².